The zero-order valence-electron chi connectivity index (χ0n) is 15.3. The van der Waals surface area contributed by atoms with Crippen LogP contribution in [0, 0.1) is 13.8 Å². The largest absolute Gasteiger partial charge is 0.497 e. The van der Waals surface area contributed by atoms with Crippen LogP contribution in [0.2, 0.25) is 0 Å². The highest BCUT2D eigenvalue weighted by Gasteiger charge is 2.15. The summed E-state index contributed by atoms with van der Waals surface area (Å²) in [6.45, 7) is 4.40. The molecule has 0 unspecified atom stereocenters. The summed E-state index contributed by atoms with van der Waals surface area (Å²) in [5.41, 5.74) is 5.19. The van der Waals surface area contributed by atoms with Crippen LogP contribution in [-0.2, 0) is 0 Å². The maximum atomic E-state index is 5.33. The third-order valence-electron chi connectivity index (χ3n) is 5.58. The molecule has 0 heterocycles. The van der Waals surface area contributed by atoms with Gasteiger partial charge in [0.2, 0.25) is 0 Å². The highest BCUT2D eigenvalue weighted by Crippen LogP contribution is 2.41. The fourth-order valence-corrected chi connectivity index (χ4v) is 4.31. The number of aryl methyl sites for hydroxylation is 2. The maximum absolute atomic E-state index is 5.33. The van der Waals surface area contributed by atoms with Crippen LogP contribution in [0.4, 0.5) is 0 Å². The molecule has 0 N–H and O–H groups in total. The minimum Gasteiger partial charge on any atom is -0.497 e. The van der Waals surface area contributed by atoms with Crippen molar-refractivity contribution in [3.8, 4) is 16.9 Å². The summed E-state index contributed by atoms with van der Waals surface area (Å²) in [6.07, 6.45) is 0. The van der Waals surface area contributed by atoms with Crippen molar-refractivity contribution in [1.82, 2.24) is 0 Å². The van der Waals surface area contributed by atoms with Crippen LogP contribution in [0.15, 0.2) is 66.7 Å². The van der Waals surface area contributed by atoms with Gasteiger partial charge in [0.25, 0.3) is 0 Å². The molecule has 1 heteroatoms. The molecule has 0 aliphatic carbocycles. The van der Waals surface area contributed by atoms with Crippen molar-refractivity contribution in [1.29, 1.82) is 0 Å². The van der Waals surface area contributed by atoms with E-state index in [1.54, 1.807) is 7.11 Å². The highest BCUT2D eigenvalue weighted by molar-refractivity contribution is 6.26. The Kier molecular flexibility index (Phi) is 3.20. The zero-order valence-corrected chi connectivity index (χ0v) is 15.3. The SMILES string of the molecule is COc1ccc(-c2c(C)cc3ccc4ccc(C)c5ccc2c3c45)cc1. The summed E-state index contributed by atoms with van der Waals surface area (Å²) in [4.78, 5) is 0. The molecule has 126 valence electrons. The number of hydrogen-bond donors (Lipinski definition) is 0. The van der Waals surface area contributed by atoms with E-state index >= 15 is 0 Å². The molecule has 1 nitrogen and oxygen atoms in total. The predicted molar refractivity (Wildman–Crippen MR) is 112 cm³/mol. The van der Waals surface area contributed by atoms with Gasteiger partial charge in [0.1, 0.15) is 5.75 Å². The molecule has 0 aliphatic heterocycles. The molecular weight excluding hydrogens is 316 g/mol. The molecule has 0 spiro atoms. The van der Waals surface area contributed by atoms with Gasteiger partial charge in [-0.25, -0.2) is 0 Å². The van der Waals surface area contributed by atoms with Gasteiger partial charge in [-0.2, -0.15) is 0 Å². The first-order valence-electron chi connectivity index (χ1n) is 8.99. The van der Waals surface area contributed by atoms with Gasteiger partial charge in [0.05, 0.1) is 7.11 Å². The predicted octanol–water partition coefficient (Wildman–Crippen LogP) is 6.88. The van der Waals surface area contributed by atoms with Crippen LogP contribution >= 0.6 is 0 Å². The van der Waals surface area contributed by atoms with E-state index in [0.717, 1.165) is 5.75 Å². The lowest BCUT2D eigenvalue weighted by molar-refractivity contribution is 0.415. The van der Waals surface area contributed by atoms with Crippen molar-refractivity contribution >= 4 is 32.3 Å². The number of benzene rings is 5. The van der Waals surface area contributed by atoms with Crippen molar-refractivity contribution in [2.45, 2.75) is 13.8 Å². The van der Waals surface area contributed by atoms with E-state index in [4.69, 9.17) is 4.74 Å². The van der Waals surface area contributed by atoms with Gasteiger partial charge in [-0.1, -0.05) is 54.6 Å². The molecule has 0 saturated heterocycles. The summed E-state index contributed by atoms with van der Waals surface area (Å²) >= 11 is 0. The third-order valence-corrected chi connectivity index (χ3v) is 5.58. The average Bonchev–Trinajstić information content (AvgIpc) is 2.67. The lowest BCUT2D eigenvalue weighted by atomic mass is 9.86. The fourth-order valence-electron chi connectivity index (χ4n) is 4.31. The van der Waals surface area contributed by atoms with Gasteiger partial charge in [-0.15, -0.1) is 0 Å². The smallest absolute Gasteiger partial charge is 0.118 e. The standard InChI is InChI=1S/C25H20O/c1-15-4-5-18-6-7-19-14-16(2)23(17-8-10-20(26-3)11-9-17)22-13-12-21(15)24(18)25(19)22/h4-14H,1-3H3. The zero-order chi connectivity index (χ0) is 17.8. The minimum atomic E-state index is 0.889. The first-order valence-corrected chi connectivity index (χ1v) is 8.99. The van der Waals surface area contributed by atoms with E-state index in [0.29, 0.717) is 0 Å². The van der Waals surface area contributed by atoms with Crippen LogP contribution in [0.5, 0.6) is 5.75 Å². The van der Waals surface area contributed by atoms with Crippen LogP contribution in [0.3, 0.4) is 0 Å². The molecule has 5 aromatic carbocycles. The highest BCUT2D eigenvalue weighted by atomic mass is 16.5. The lowest BCUT2D eigenvalue weighted by Gasteiger charge is -2.17. The normalized spacial score (nSPS) is 11.7. The average molecular weight is 336 g/mol. The molecule has 0 aromatic heterocycles. The Morgan fingerprint density at radius 1 is 0.615 bits per heavy atom. The van der Waals surface area contributed by atoms with Crippen LogP contribution in [-0.4, -0.2) is 7.11 Å². The Labute approximate surface area is 153 Å². The van der Waals surface area contributed by atoms with Gasteiger partial charge < -0.3 is 4.74 Å². The van der Waals surface area contributed by atoms with Gasteiger partial charge in [-0.05, 0) is 80.6 Å². The molecule has 26 heavy (non-hydrogen) atoms. The monoisotopic (exact) mass is 336 g/mol. The number of ether oxygens (including phenoxy) is 1. The van der Waals surface area contributed by atoms with Gasteiger partial charge in [0.15, 0.2) is 0 Å². The maximum Gasteiger partial charge on any atom is 0.118 e. The summed E-state index contributed by atoms with van der Waals surface area (Å²) in [7, 11) is 1.71. The second-order valence-corrected chi connectivity index (χ2v) is 7.10. The van der Waals surface area contributed by atoms with Crippen molar-refractivity contribution in [3.05, 3.63) is 77.9 Å². The van der Waals surface area contributed by atoms with E-state index in [9.17, 15) is 0 Å². The van der Waals surface area contributed by atoms with Crippen LogP contribution in [0.1, 0.15) is 11.1 Å². The Morgan fingerprint density at radius 3 is 2.04 bits per heavy atom. The second-order valence-electron chi connectivity index (χ2n) is 7.10. The van der Waals surface area contributed by atoms with E-state index in [1.807, 2.05) is 12.1 Å². The molecule has 0 atom stereocenters. The Morgan fingerprint density at radius 2 is 1.27 bits per heavy atom. The van der Waals surface area contributed by atoms with Gasteiger partial charge in [-0.3, -0.25) is 0 Å². The molecule has 5 rings (SSSR count). The van der Waals surface area contributed by atoms with E-state index < -0.39 is 0 Å². The number of rotatable bonds is 2. The minimum absolute atomic E-state index is 0.889. The Hall–Kier alpha value is -3.06. The van der Waals surface area contributed by atoms with Crippen molar-refractivity contribution in [2.75, 3.05) is 7.11 Å². The van der Waals surface area contributed by atoms with E-state index in [-0.39, 0.29) is 0 Å². The summed E-state index contributed by atoms with van der Waals surface area (Å²) < 4.78 is 5.33. The number of hydrogen-bond acceptors (Lipinski definition) is 1. The van der Waals surface area contributed by atoms with E-state index in [2.05, 4.69) is 68.4 Å². The quantitative estimate of drug-likeness (QED) is 0.319. The van der Waals surface area contributed by atoms with Crippen molar-refractivity contribution < 1.29 is 4.74 Å². The molecule has 0 fully saturated rings. The van der Waals surface area contributed by atoms with Crippen LogP contribution in [0.25, 0.3) is 43.4 Å². The molecule has 0 bridgehead atoms. The van der Waals surface area contributed by atoms with Crippen molar-refractivity contribution in [2.24, 2.45) is 0 Å². The fraction of sp³-hybridized carbons (Fsp3) is 0.120. The van der Waals surface area contributed by atoms with Gasteiger partial charge in [0, 0.05) is 0 Å². The molecular formula is C25H20O. The first-order chi connectivity index (χ1) is 12.7. The first kappa shape index (κ1) is 15.2. The molecule has 5 aromatic rings. The molecule has 0 saturated carbocycles. The van der Waals surface area contributed by atoms with Crippen LogP contribution < -0.4 is 4.74 Å². The van der Waals surface area contributed by atoms with E-state index in [1.165, 1.54) is 54.6 Å². The summed E-state index contributed by atoms with van der Waals surface area (Å²) in [6, 6.07) is 24.3. The summed E-state index contributed by atoms with van der Waals surface area (Å²) in [5.74, 6) is 0.889. The number of methoxy groups -OCH3 is 1. The molecule has 0 radical (unpaired) electrons. The molecule has 0 amide bonds. The second kappa shape index (κ2) is 5.47. The summed E-state index contributed by atoms with van der Waals surface area (Å²) in [5, 5.41) is 8.07. The third kappa shape index (κ3) is 2.04. The molecule has 0 aliphatic rings. The lowest BCUT2D eigenvalue weighted by Crippen LogP contribution is -1.92. The van der Waals surface area contributed by atoms with Crippen molar-refractivity contribution in [3.63, 3.8) is 0 Å². The Bertz CT molecular complexity index is 1260. The Balaban J connectivity index is 1.94. The topological polar surface area (TPSA) is 9.23 Å². The van der Waals surface area contributed by atoms with Gasteiger partial charge >= 0.3 is 0 Å².